The molecular formula is C6H3F9O3. The summed E-state index contributed by atoms with van der Waals surface area (Å²) < 4.78 is 112. The molecule has 0 radical (unpaired) electrons. The van der Waals surface area contributed by atoms with Gasteiger partial charge in [0.1, 0.15) is 6.61 Å². The molecule has 0 aliphatic carbocycles. The van der Waals surface area contributed by atoms with Crippen molar-refractivity contribution in [2.45, 2.75) is 18.5 Å². The van der Waals surface area contributed by atoms with Crippen molar-refractivity contribution in [3.8, 4) is 0 Å². The highest BCUT2D eigenvalue weighted by Crippen LogP contribution is 2.59. The van der Waals surface area contributed by atoms with Gasteiger partial charge in [-0.3, -0.25) is 0 Å². The smallest absolute Gasteiger partial charge is 0.450 e. The van der Waals surface area contributed by atoms with Gasteiger partial charge in [-0.05, 0) is 0 Å². The quantitative estimate of drug-likeness (QED) is 0.627. The largest absolute Gasteiger partial charge is 0.505 e. The van der Waals surface area contributed by atoms with Crippen molar-refractivity contribution >= 4 is 6.16 Å². The lowest BCUT2D eigenvalue weighted by Gasteiger charge is -2.37. The van der Waals surface area contributed by atoms with E-state index in [1.807, 2.05) is 0 Å². The highest BCUT2D eigenvalue weighted by molar-refractivity contribution is 5.56. The van der Waals surface area contributed by atoms with E-state index in [0.29, 0.717) is 0 Å². The third kappa shape index (κ3) is 2.72. The van der Waals surface area contributed by atoms with Gasteiger partial charge in [0.2, 0.25) is 0 Å². The van der Waals surface area contributed by atoms with E-state index in [9.17, 15) is 44.3 Å². The molecule has 0 saturated heterocycles. The van der Waals surface area contributed by atoms with E-state index in [1.165, 1.54) is 0 Å². The Labute approximate surface area is 92.1 Å². The molecule has 0 aliphatic heterocycles. The van der Waals surface area contributed by atoms with E-state index in [0.717, 1.165) is 0 Å². The lowest BCUT2D eigenvalue weighted by Crippen LogP contribution is -2.62. The lowest BCUT2D eigenvalue weighted by molar-refractivity contribution is -0.432. The van der Waals surface area contributed by atoms with Crippen LogP contribution < -0.4 is 0 Å². The van der Waals surface area contributed by atoms with E-state index in [4.69, 9.17) is 5.11 Å². The predicted molar refractivity (Wildman–Crippen MR) is 34.6 cm³/mol. The van der Waals surface area contributed by atoms with Crippen LogP contribution in [0.3, 0.4) is 0 Å². The van der Waals surface area contributed by atoms with Gasteiger partial charge in [-0.25, -0.2) is 4.79 Å². The SMILES string of the molecule is O=C(O)OCC(C(F)(F)F)(C(F)(F)F)C(F)(F)F. The van der Waals surface area contributed by atoms with Crippen molar-refractivity contribution in [3.05, 3.63) is 0 Å². The van der Waals surface area contributed by atoms with Crippen LogP contribution in [-0.4, -0.2) is 36.4 Å². The van der Waals surface area contributed by atoms with Gasteiger partial charge >= 0.3 is 24.7 Å². The van der Waals surface area contributed by atoms with E-state index in [2.05, 4.69) is 4.74 Å². The van der Waals surface area contributed by atoms with Crippen LogP contribution in [0.5, 0.6) is 0 Å². The van der Waals surface area contributed by atoms with Crippen molar-refractivity contribution in [2.75, 3.05) is 6.61 Å². The zero-order chi connectivity index (χ0) is 15.0. The molecule has 12 heteroatoms. The summed E-state index contributed by atoms with van der Waals surface area (Å²) in [5.74, 6) is 0. The number of ether oxygens (including phenoxy) is 1. The molecule has 0 fully saturated rings. The van der Waals surface area contributed by atoms with Gasteiger partial charge in [0, 0.05) is 0 Å². The van der Waals surface area contributed by atoms with Crippen LogP contribution >= 0.6 is 0 Å². The van der Waals surface area contributed by atoms with Gasteiger partial charge < -0.3 is 9.84 Å². The van der Waals surface area contributed by atoms with Crippen LogP contribution in [0.1, 0.15) is 0 Å². The van der Waals surface area contributed by atoms with Crippen LogP contribution in [0.4, 0.5) is 44.3 Å². The summed E-state index contributed by atoms with van der Waals surface area (Å²) in [6.45, 7) is -3.15. The zero-order valence-corrected chi connectivity index (χ0v) is 7.87. The maximum Gasteiger partial charge on any atom is 0.505 e. The minimum Gasteiger partial charge on any atom is -0.450 e. The highest BCUT2D eigenvalue weighted by atomic mass is 19.4. The van der Waals surface area contributed by atoms with E-state index in [-0.39, 0.29) is 0 Å². The molecule has 0 unspecified atom stereocenters. The van der Waals surface area contributed by atoms with Gasteiger partial charge in [0.05, 0.1) is 0 Å². The molecule has 0 atom stereocenters. The first-order valence-electron chi connectivity index (χ1n) is 3.72. The first kappa shape index (κ1) is 16.6. The Balaban J connectivity index is 5.83. The molecule has 0 bridgehead atoms. The second-order valence-corrected chi connectivity index (χ2v) is 2.95. The number of carbonyl (C=O) groups is 1. The Morgan fingerprint density at radius 2 is 1.11 bits per heavy atom. The van der Waals surface area contributed by atoms with Crippen LogP contribution in [0.25, 0.3) is 0 Å². The molecule has 3 nitrogen and oxygen atoms in total. The molecule has 0 spiro atoms. The Hall–Kier alpha value is -1.36. The fourth-order valence-corrected chi connectivity index (χ4v) is 0.898. The van der Waals surface area contributed by atoms with E-state index >= 15 is 0 Å². The second kappa shape index (κ2) is 4.39. The monoisotopic (exact) mass is 294 g/mol. The van der Waals surface area contributed by atoms with Crippen molar-refractivity contribution in [1.82, 2.24) is 0 Å². The number of hydrogen-bond donors (Lipinski definition) is 1. The minimum atomic E-state index is -6.82. The summed E-state index contributed by atoms with van der Waals surface area (Å²) in [5.41, 5.74) is -6.26. The van der Waals surface area contributed by atoms with Crippen molar-refractivity contribution in [2.24, 2.45) is 5.41 Å². The topological polar surface area (TPSA) is 46.5 Å². The predicted octanol–water partition coefficient (Wildman–Crippen LogP) is 3.35. The number of hydrogen-bond acceptors (Lipinski definition) is 2. The molecular weight excluding hydrogens is 291 g/mol. The van der Waals surface area contributed by atoms with Crippen molar-refractivity contribution in [1.29, 1.82) is 0 Å². The summed E-state index contributed by atoms with van der Waals surface area (Å²) in [6.07, 6.45) is -23.2. The summed E-state index contributed by atoms with van der Waals surface area (Å²) in [4.78, 5) is 9.70. The standard InChI is InChI=1S/C6H3F9O3/c7-4(8,9)3(5(10,11)12,6(13,14)15)1-18-2(16)17/h1H2,(H,16,17). The van der Waals surface area contributed by atoms with Crippen LogP contribution in [-0.2, 0) is 4.74 Å². The van der Waals surface area contributed by atoms with Gasteiger partial charge in [-0.15, -0.1) is 0 Å². The Morgan fingerprint density at radius 3 is 1.28 bits per heavy atom. The molecule has 0 heterocycles. The number of rotatable bonds is 2. The summed E-state index contributed by atoms with van der Waals surface area (Å²) in [7, 11) is 0. The van der Waals surface area contributed by atoms with E-state index in [1.54, 1.807) is 0 Å². The summed E-state index contributed by atoms with van der Waals surface area (Å²) >= 11 is 0. The highest BCUT2D eigenvalue weighted by Gasteiger charge is 2.84. The zero-order valence-electron chi connectivity index (χ0n) is 7.87. The molecule has 108 valence electrons. The normalized spacial score (nSPS) is 14.5. The Kier molecular flexibility index (Phi) is 4.06. The van der Waals surface area contributed by atoms with Crippen LogP contribution in [0.2, 0.25) is 0 Å². The molecule has 0 aromatic heterocycles. The maximum atomic E-state index is 12.1. The van der Waals surface area contributed by atoms with Gasteiger partial charge in [0.25, 0.3) is 5.41 Å². The average Bonchev–Trinajstić information content (AvgIpc) is 1.94. The molecule has 0 rings (SSSR count). The lowest BCUT2D eigenvalue weighted by atomic mass is 9.86. The molecule has 0 aromatic rings. The van der Waals surface area contributed by atoms with Gasteiger partial charge in [0.15, 0.2) is 0 Å². The first-order valence-corrected chi connectivity index (χ1v) is 3.72. The number of halogens is 9. The van der Waals surface area contributed by atoms with Gasteiger partial charge in [-0.2, -0.15) is 39.5 Å². The molecule has 0 amide bonds. The number of carboxylic acid groups (broad SMARTS) is 1. The molecule has 0 aromatic carbocycles. The Bertz CT molecular complexity index is 276. The van der Waals surface area contributed by atoms with Crippen LogP contribution in [0, 0.1) is 5.41 Å². The Morgan fingerprint density at radius 1 is 0.833 bits per heavy atom. The fourth-order valence-electron chi connectivity index (χ4n) is 0.898. The molecule has 0 saturated carbocycles. The van der Waals surface area contributed by atoms with Crippen LogP contribution in [0.15, 0.2) is 0 Å². The first-order chi connectivity index (χ1) is 7.67. The maximum absolute atomic E-state index is 12.1. The fraction of sp³-hybridized carbons (Fsp3) is 0.833. The average molecular weight is 294 g/mol. The second-order valence-electron chi connectivity index (χ2n) is 2.95. The van der Waals surface area contributed by atoms with E-state index < -0.39 is 36.7 Å². The minimum absolute atomic E-state index is 2.70. The summed E-state index contributed by atoms with van der Waals surface area (Å²) in [5, 5.41) is 7.75. The number of alkyl halides is 9. The molecule has 0 aliphatic rings. The van der Waals surface area contributed by atoms with Gasteiger partial charge in [-0.1, -0.05) is 0 Å². The third-order valence-electron chi connectivity index (χ3n) is 1.86. The molecule has 18 heavy (non-hydrogen) atoms. The third-order valence-corrected chi connectivity index (χ3v) is 1.86. The van der Waals surface area contributed by atoms with Crippen molar-refractivity contribution in [3.63, 3.8) is 0 Å². The summed E-state index contributed by atoms with van der Waals surface area (Å²) in [6, 6.07) is 0. The van der Waals surface area contributed by atoms with Crippen molar-refractivity contribution < 1.29 is 54.2 Å². The molecule has 1 N–H and O–H groups in total.